The number of anilines is 2. The number of ketones is 1. The molecule has 1 aliphatic heterocycles. The smallest absolute Gasteiger partial charge is 0.215 e. The molecule has 0 spiro atoms. The molecule has 7 nitrogen and oxygen atoms in total. The number of hydrogen-bond acceptors (Lipinski definition) is 7. The van der Waals surface area contributed by atoms with Gasteiger partial charge in [0.15, 0.2) is 0 Å². The average molecular weight is 398 g/mol. The lowest BCUT2D eigenvalue weighted by Gasteiger charge is -2.21. The summed E-state index contributed by atoms with van der Waals surface area (Å²) in [5.74, 6) is 0.882. The summed E-state index contributed by atoms with van der Waals surface area (Å²) in [5.41, 5.74) is 8.26. The van der Waals surface area contributed by atoms with E-state index in [0.717, 1.165) is 49.5 Å². The fraction of sp³-hybridized carbons (Fsp3) is 0.227. The number of pyridine rings is 2. The molecule has 1 aromatic carbocycles. The molecule has 1 aliphatic rings. The zero-order valence-electron chi connectivity index (χ0n) is 16.0. The molecule has 0 bridgehead atoms. The van der Waals surface area contributed by atoms with Crippen LogP contribution in [0.4, 0.5) is 11.6 Å². The molecule has 7 heteroatoms. The van der Waals surface area contributed by atoms with Gasteiger partial charge in [0.05, 0.1) is 5.56 Å². The highest BCUT2D eigenvalue weighted by molar-refractivity contribution is 6.11. The van der Waals surface area contributed by atoms with Crippen LogP contribution in [-0.2, 0) is 0 Å². The van der Waals surface area contributed by atoms with E-state index in [2.05, 4.69) is 20.2 Å². The molecule has 0 atom stereocenters. The number of carbonyl (C=O) groups excluding carboxylic acids is 1. The highest BCUT2D eigenvalue weighted by Crippen LogP contribution is 2.25. The molecule has 156 valence electrons. The van der Waals surface area contributed by atoms with Gasteiger partial charge in [0, 0.05) is 37.1 Å². The second-order valence-corrected chi connectivity index (χ2v) is 7.00. The molecule has 4 rings (SSSR count). The van der Waals surface area contributed by atoms with Crippen LogP contribution in [0.3, 0.4) is 0 Å². The number of nitrogens with two attached hydrogens (primary N) is 1. The first kappa shape index (κ1) is 18.9. The van der Waals surface area contributed by atoms with E-state index in [-0.39, 0.29) is 23.1 Å². The molecule has 1 fully saturated rings. The quantitative estimate of drug-likeness (QED) is 0.579. The maximum atomic E-state index is 13.2. The van der Waals surface area contributed by atoms with E-state index >= 15 is 0 Å². The van der Waals surface area contributed by atoms with Crippen LogP contribution in [0, 0.1) is 0 Å². The van der Waals surface area contributed by atoms with Gasteiger partial charge in [-0.05, 0) is 48.9 Å². The Bertz CT molecular complexity index is 1030. The summed E-state index contributed by atoms with van der Waals surface area (Å²) in [6, 6.07) is 13.9. The lowest BCUT2D eigenvalue weighted by molar-refractivity contribution is 0.103. The number of aromatic hydroxyl groups is 1. The van der Waals surface area contributed by atoms with Gasteiger partial charge in [0.25, 0.3) is 0 Å². The minimum absolute atomic E-state index is 0. The van der Waals surface area contributed by atoms with Gasteiger partial charge in [-0.2, -0.15) is 0 Å². The van der Waals surface area contributed by atoms with Crippen LogP contribution in [0.1, 0.15) is 28.2 Å². The maximum Gasteiger partial charge on any atom is 0.215 e. The van der Waals surface area contributed by atoms with Gasteiger partial charge in [-0.25, -0.2) is 9.97 Å². The van der Waals surface area contributed by atoms with Crippen LogP contribution in [0.5, 0.6) is 5.75 Å². The van der Waals surface area contributed by atoms with Crippen molar-refractivity contribution in [2.24, 2.45) is 0 Å². The van der Waals surface area contributed by atoms with E-state index in [0.29, 0.717) is 11.3 Å². The van der Waals surface area contributed by atoms with E-state index in [1.807, 2.05) is 12.1 Å². The fourth-order valence-electron chi connectivity index (χ4n) is 3.41. The van der Waals surface area contributed by atoms with Gasteiger partial charge >= 0.3 is 0 Å². The molecular formula is C22H31N5O2. The summed E-state index contributed by atoms with van der Waals surface area (Å²) in [4.78, 5) is 24.1. The standard InChI is InChI=1S/C22H23N5O2.4H2/c23-22-18(13-16(14-25-22)15-5-7-17(28)8-6-15)21(29)19-3-1-4-20(26-19)27-11-2-9-24-10-12-27;;;;/h1,3-8,13-14,24,28H,2,9-12H2,(H2,23,25);4*1H. The van der Waals surface area contributed by atoms with Crippen molar-refractivity contribution in [3.8, 4) is 16.9 Å². The lowest BCUT2D eigenvalue weighted by Crippen LogP contribution is -2.29. The number of hydrogen-bond donors (Lipinski definition) is 3. The van der Waals surface area contributed by atoms with Gasteiger partial charge in [-0.3, -0.25) is 4.79 Å². The van der Waals surface area contributed by atoms with E-state index in [1.54, 1.807) is 42.6 Å². The highest BCUT2D eigenvalue weighted by atomic mass is 16.3. The number of carbonyl (C=O) groups is 1. The van der Waals surface area contributed by atoms with E-state index in [4.69, 9.17) is 5.73 Å². The predicted octanol–water partition coefficient (Wildman–Crippen LogP) is 3.45. The SMILES string of the molecule is Nc1ncc(-c2ccc(O)cc2)cc1C(=O)c1cccc(N2CCCNCC2)n1.[HH].[HH].[HH].[HH]. The normalized spacial score (nSPS) is 14.4. The van der Waals surface area contributed by atoms with Crippen molar-refractivity contribution in [2.75, 3.05) is 36.8 Å². The van der Waals surface area contributed by atoms with Crippen molar-refractivity contribution in [1.29, 1.82) is 0 Å². The third-order valence-corrected chi connectivity index (χ3v) is 4.99. The number of phenolic OH excluding ortho intramolecular Hbond substituents is 1. The first-order chi connectivity index (χ1) is 14.1. The van der Waals surface area contributed by atoms with Gasteiger partial charge in [-0.15, -0.1) is 0 Å². The Hall–Kier alpha value is -3.45. The molecule has 0 saturated carbocycles. The summed E-state index contributed by atoms with van der Waals surface area (Å²) in [7, 11) is 0. The topological polar surface area (TPSA) is 104 Å². The second-order valence-electron chi connectivity index (χ2n) is 7.00. The molecule has 4 N–H and O–H groups in total. The molecule has 2 aromatic heterocycles. The van der Waals surface area contributed by atoms with Crippen molar-refractivity contribution >= 4 is 17.4 Å². The largest absolute Gasteiger partial charge is 0.508 e. The Kier molecular flexibility index (Phi) is 5.39. The summed E-state index contributed by atoms with van der Waals surface area (Å²) in [6.07, 6.45) is 2.65. The summed E-state index contributed by atoms with van der Waals surface area (Å²) < 4.78 is 0. The summed E-state index contributed by atoms with van der Waals surface area (Å²) in [5, 5.41) is 12.9. The number of phenols is 1. The van der Waals surface area contributed by atoms with Crippen LogP contribution < -0.4 is 16.0 Å². The van der Waals surface area contributed by atoms with Gasteiger partial charge < -0.3 is 21.1 Å². The van der Waals surface area contributed by atoms with Gasteiger partial charge in [-0.1, -0.05) is 18.2 Å². The van der Waals surface area contributed by atoms with E-state index < -0.39 is 0 Å². The molecule has 0 amide bonds. The fourth-order valence-corrected chi connectivity index (χ4v) is 3.41. The minimum atomic E-state index is -0.259. The number of nitrogens with zero attached hydrogens (tertiary/aromatic N) is 3. The van der Waals surface area contributed by atoms with Crippen LogP contribution in [0.15, 0.2) is 54.7 Å². The van der Waals surface area contributed by atoms with Crippen molar-refractivity contribution in [1.82, 2.24) is 15.3 Å². The first-order valence-electron chi connectivity index (χ1n) is 9.64. The van der Waals surface area contributed by atoms with E-state index in [9.17, 15) is 9.90 Å². The minimum Gasteiger partial charge on any atom is -0.508 e. The Morgan fingerprint density at radius 3 is 2.76 bits per heavy atom. The Morgan fingerprint density at radius 2 is 1.93 bits per heavy atom. The predicted molar refractivity (Wildman–Crippen MR) is 122 cm³/mol. The average Bonchev–Trinajstić information content (AvgIpc) is 3.04. The number of rotatable bonds is 4. The number of nitrogens with one attached hydrogen (secondary N) is 1. The number of aromatic nitrogens is 2. The van der Waals surface area contributed by atoms with Crippen LogP contribution >= 0.6 is 0 Å². The van der Waals surface area contributed by atoms with Crippen molar-refractivity contribution in [3.63, 3.8) is 0 Å². The van der Waals surface area contributed by atoms with E-state index in [1.165, 1.54) is 0 Å². The summed E-state index contributed by atoms with van der Waals surface area (Å²) in [6.45, 7) is 3.63. The molecule has 29 heavy (non-hydrogen) atoms. The van der Waals surface area contributed by atoms with Gasteiger partial charge in [0.2, 0.25) is 5.78 Å². The first-order valence-corrected chi connectivity index (χ1v) is 9.64. The van der Waals surface area contributed by atoms with Crippen molar-refractivity contribution < 1.29 is 15.6 Å². The Balaban J connectivity index is 0.00000256. The van der Waals surface area contributed by atoms with Crippen LogP contribution in [0.25, 0.3) is 11.1 Å². The lowest BCUT2D eigenvalue weighted by atomic mass is 10.0. The molecule has 0 aliphatic carbocycles. The third-order valence-electron chi connectivity index (χ3n) is 4.99. The number of benzene rings is 1. The molecule has 1 saturated heterocycles. The highest BCUT2D eigenvalue weighted by Gasteiger charge is 2.18. The van der Waals surface area contributed by atoms with Gasteiger partial charge in [0.1, 0.15) is 23.1 Å². The zero-order chi connectivity index (χ0) is 20.2. The Morgan fingerprint density at radius 1 is 1.10 bits per heavy atom. The summed E-state index contributed by atoms with van der Waals surface area (Å²) >= 11 is 0. The van der Waals surface area contributed by atoms with Crippen molar-refractivity contribution in [2.45, 2.75) is 6.42 Å². The number of nitrogen functional groups attached to an aromatic ring is 1. The second kappa shape index (κ2) is 8.28. The molecular weight excluding hydrogens is 366 g/mol. The molecule has 0 unspecified atom stereocenters. The van der Waals surface area contributed by atoms with Crippen molar-refractivity contribution in [3.05, 3.63) is 66.0 Å². The molecule has 3 aromatic rings. The maximum absolute atomic E-state index is 13.2. The molecule has 3 heterocycles. The zero-order valence-corrected chi connectivity index (χ0v) is 16.0. The van der Waals surface area contributed by atoms with Crippen LogP contribution in [-0.4, -0.2) is 47.0 Å². The van der Waals surface area contributed by atoms with Crippen LogP contribution in [0.2, 0.25) is 0 Å². The third kappa shape index (κ3) is 4.20. The Labute approximate surface area is 175 Å². The monoisotopic (exact) mass is 397 g/mol. The molecule has 0 radical (unpaired) electrons.